The second-order valence-corrected chi connectivity index (χ2v) is 8.63. The molecule has 0 aromatic carbocycles. The number of thiophene rings is 1. The Hall–Kier alpha value is -2.08. The van der Waals surface area contributed by atoms with Gasteiger partial charge in [-0.2, -0.15) is 0 Å². The SMILES string of the molecule is CNC(=O)c1c(NC(=O)c2ccco2)sc2c1CC[C@H](C(C)(C)C)C2. The highest BCUT2D eigenvalue weighted by molar-refractivity contribution is 7.17. The molecule has 5 nitrogen and oxygen atoms in total. The number of hydrogen-bond donors (Lipinski definition) is 2. The van der Waals surface area contributed by atoms with Crippen molar-refractivity contribution < 1.29 is 14.0 Å². The molecule has 25 heavy (non-hydrogen) atoms. The third-order valence-corrected chi connectivity index (χ3v) is 6.09. The van der Waals surface area contributed by atoms with Gasteiger partial charge in [-0.1, -0.05) is 20.8 Å². The third-order valence-electron chi connectivity index (χ3n) is 4.92. The van der Waals surface area contributed by atoms with Crippen LogP contribution in [-0.4, -0.2) is 18.9 Å². The minimum Gasteiger partial charge on any atom is -0.459 e. The number of carbonyl (C=O) groups excluding carboxylic acids is 2. The van der Waals surface area contributed by atoms with Gasteiger partial charge in [0.25, 0.3) is 11.8 Å². The number of amides is 2. The lowest BCUT2D eigenvalue weighted by Crippen LogP contribution is -2.27. The summed E-state index contributed by atoms with van der Waals surface area (Å²) < 4.78 is 5.15. The molecule has 2 aromatic rings. The van der Waals surface area contributed by atoms with Crippen LogP contribution in [0.3, 0.4) is 0 Å². The summed E-state index contributed by atoms with van der Waals surface area (Å²) in [5.41, 5.74) is 1.92. The maximum Gasteiger partial charge on any atom is 0.291 e. The monoisotopic (exact) mass is 360 g/mol. The van der Waals surface area contributed by atoms with Gasteiger partial charge in [-0.05, 0) is 48.3 Å². The molecule has 0 spiro atoms. The van der Waals surface area contributed by atoms with E-state index in [1.54, 1.807) is 19.2 Å². The molecular formula is C19H24N2O3S. The van der Waals surface area contributed by atoms with Crippen LogP contribution in [0.4, 0.5) is 5.00 Å². The zero-order valence-electron chi connectivity index (χ0n) is 15.1. The Kier molecular flexibility index (Phi) is 4.73. The lowest BCUT2D eigenvalue weighted by Gasteiger charge is -2.33. The number of hydrogen-bond acceptors (Lipinski definition) is 4. The van der Waals surface area contributed by atoms with E-state index in [0.29, 0.717) is 16.5 Å². The number of rotatable bonds is 3. The maximum atomic E-state index is 12.4. The minimum absolute atomic E-state index is 0.151. The summed E-state index contributed by atoms with van der Waals surface area (Å²) in [4.78, 5) is 26.0. The first-order valence-electron chi connectivity index (χ1n) is 8.52. The van der Waals surface area contributed by atoms with Crippen molar-refractivity contribution in [2.24, 2.45) is 11.3 Å². The summed E-state index contributed by atoms with van der Waals surface area (Å²) in [5, 5.41) is 6.18. The highest BCUT2D eigenvalue weighted by Gasteiger charge is 2.34. The highest BCUT2D eigenvalue weighted by Crippen LogP contribution is 2.44. The van der Waals surface area contributed by atoms with Gasteiger partial charge in [0.15, 0.2) is 5.76 Å². The van der Waals surface area contributed by atoms with E-state index < -0.39 is 0 Å². The van der Waals surface area contributed by atoms with E-state index in [1.165, 1.54) is 22.5 Å². The van der Waals surface area contributed by atoms with Crippen molar-refractivity contribution in [3.8, 4) is 0 Å². The van der Waals surface area contributed by atoms with Crippen molar-refractivity contribution in [2.45, 2.75) is 40.0 Å². The molecule has 1 atom stereocenters. The summed E-state index contributed by atoms with van der Waals surface area (Å²) in [6.07, 6.45) is 4.34. The van der Waals surface area contributed by atoms with Crippen molar-refractivity contribution in [1.29, 1.82) is 0 Å². The van der Waals surface area contributed by atoms with Gasteiger partial charge in [0.2, 0.25) is 0 Å². The average Bonchev–Trinajstić information content (AvgIpc) is 3.20. The fourth-order valence-electron chi connectivity index (χ4n) is 3.35. The lowest BCUT2D eigenvalue weighted by atomic mass is 9.72. The topological polar surface area (TPSA) is 71.3 Å². The molecule has 2 heterocycles. The summed E-state index contributed by atoms with van der Waals surface area (Å²) in [5.74, 6) is 0.328. The van der Waals surface area contributed by atoms with Crippen LogP contribution >= 0.6 is 11.3 Å². The Balaban J connectivity index is 1.94. The number of fused-ring (bicyclic) bond motifs is 1. The van der Waals surface area contributed by atoms with Crippen molar-refractivity contribution in [3.05, 3.63) is 40.2 Å². The van der Waals surface area contributed by atoms with E-state index in [1.807, 2.05) is 0 Å². The number of anilines is 1. The van der Waals surface area contributed by atoms with Crippen molar-refractivity contribution >= 4 is 28.2 Å². The molecule has 0 aliphatic heterocycles. The van der Waals surface area contributed by atoms with Crippen LogP contribution in [-0.2, 0) is 12.8 Å². The first-order valence-corrected chi connectivity index (χ1v) is 9.34. The Labute approximate surface area is 151 Å². The predicted molar refractivity (Wildman–Crippen MR) is 99.3 cm³/mol. The fraction of sp³-hybridized carbons (Fsp3) is 0.474. The molecular weight excluding hydrogens is 336 g/mol. The Morgan fingerprint density at radius 3 is 2.64 bits per heavy atom. The van der Waals surface area contributed by atoms with Gasteiger partial charge in [0.1, 0.15) is 5.00 Å². The van der Waals surface area contributed by atoms with Crippen molar-refractivity contribution in [3.63, 3.8) is 0 Å². The van der Waals surface area contributed by atoms with Gasteiger partial charge in [0.05, 0.1) is 11.8 Å². The van der Waals surface area contributed by atoms with Crippen LogP contribution in [0.5, 0.6) is 0 Å². The van der Waals surface area contributed by atoms with Crippen LogP contribution < -0.4 is 10.6 Å². The van der Waals surface area contributed by atoms with Crippen LogP contribution in [0.15, 0.2) is 22.8 Å². The highest BCUT2D eigenvalue weighted by atomic mass is 32.1. The van der Waals surface area contributed by atoms with E-state index in [-0.39, 0.29) is 23.0 Å². The number of nitrogens with one attached hydrogen (secondary N) is 2. The minimum atomic E-state index is -0.332. The summed E-state index contributed by atoms with van der Waals surface area (Å²) in [6, 6.07) is 3.28. The quantitative estimate of drug-likeness (QED) is 0.865. The summed E-state index contributed by atoms with van der Waals surface area (Å²) in [7, 11) is 1.62. The molecule has 6 heteroatoms. The first-order chi connectivity index (χ1) is 11.8. The molecule has 0 unspecified atom stereocenters. The molecule has 3 rings (SSSR count). The van der Waals surface area contributed by atoms with E-state index in [9.17, 15) is 9.59 Å². The molecule has 134 valence electrons. The second kappa shape index (κ2) is 6.67. The van der Waals surface area contributed by atoms with Gasteiger partial charge in [-0.25, -0.2) is 0 Å². The smallest absolute Gasteiger partial charge is 0.291 e. The van der Waals surface area contributed by atoms with E-state index in [0.717, 1.165) is 24.8 Å². The van der Waals surface area contributed by atoms with Gasteiger partial charge in [-0.3, -0.25) is 9.59 Å². The van der Waals surface area contributed by atoms with Crippen LogP contribution in [0.25, 0.3) is 0 Å². The molecule has 0 saturated heterocycles. The molecule has 2 aromatic heterocycles. The Bertz CT molecular complexity index is 784. The maximum absolute atomic E-state index is 12.4. The largest absolute Gasteiger partial charge is 0.459 e. The zero-order chi connectivity index (χ0) is 18.2. The number of carbonyl (C=O) groups is 2. The van der Waals surface area contributed by atoms with Crippen LogP contribution in [0, 0.1) is 11.3 Å². The van der Waals surface area contributed by atoms with E-state index in [2.05, 4.69) is 31.4 Å². The van der Waals surface area contributed by atoms with Crippen LogP contribution in [0.2, 0.25) is 0 Å². The normalized spacial score (nSPS) is 17.0. The number of furan rings is 1. The summed E-state index contributed by atoms with van der Waals surface area (Å²) in [6.45, 7) is 6.78. The molecule has 0 radical (unpaired) electrons. The molecule has 0 fully saturated rings. The van der Waals surface area contributed by atoms with Gasteiger partial charge in [-0.15, -0.1) is 11.3 Å². The van der Waals surface area contributed by atoms with E-state index in [4.69, 9.17) is 4.42 Å². The van der Waals surface area contributed by atoms with Crippen LogP contribution in [0.1, 0.15) is 58.5 Å². The second-order valence-electron chi connectivity index (χ2n) is 7.52. The summed E-state index contributed by atoms with van der Waals surface area (Å²) >= 11 is 1.52. The molecule has 2 amide bonds. The average molecular weight is 360 g/mol. The van der Waals surface area contributed by atoms with Gasteiger partial charge >= 0.3 is 0 Å². The first kappa shape index (κ1) is 17.7. The molecule has 0 bridgehead atoms. The van der Waals surface area contributed by atoms with E-state index >= 15 is 0 Å². The molecule has 2 N–H and O–H groups in total. The Morgan fingerprint density at radius 1 is 1.28 bits per heavy atom. The van der Waals surface area contributed by atoms with Gasteiger partial charge in [0, 0.05) is 11.9 Å². The molecule has 1 aliphatic rings. The van der Waals surface area contributed by atoms with Gasteiger partial charge < -0.3 is 15.1 Å². The van der Waals surface area contributed by atoms with Crippen molar-refractivity contribution in [1.82, 2.24) is 5.32 Å². The third kappa shape index (κ3) is 3.49. The molecule has 0 saturated carbocycles. The lowest BCUT2D eigenvalue weighted by molar-refractivity contribution is 0.0963. The standard InChI is InChI=1S/C19H24N2O3S/c1-19(2,3)11-7-8-12-14(10-11)25-18(15(12)17(23)20-4)21-16(22)13-6-5-9-24-13/h5-6,9,11H,7-8,10H2,1-4H3,(H,20,23)(H,21,22)/t11-/m0/s1. The fourth-order valence-corrected chi connectivity index (χ4v) is 4.67. The zero-order valence-corrected chi connectivity index (χ0v) is 15.9. The predicted octanol–water partition coefficient (Wildman–Crippen LogP) is 4.10. The van der Waals surface area contributed by atoms with Crippen molar-refractivity contribution in [2.75, 3.05) is 12.4 Å². The molecule has 1 aliphatic carbocycles. The Morgan fingerprint density at radius 2 is 2.04 bits per heavy atom.